The molecule has 0 saturated carbocycles. The molecule has 2 aromatic rings. The fourth-order valence-electron chi connectivity index (χ4n) is 4.55. The molecule has 1 aliphatic heterocycles. The molecule has 2 aromatic carbocycles. The van der Waals surface area contributed by atoms with E-state index in [1.54, 1.807) is 0 Å². The Morgan fingerprint density at radius 2 is 1.57 bits per heavy atom. The number of hydrogen-bond acceptors (Lipinski definition) is 3. The monoisotopic (exact) mass is 403 g/mol. The van der Waals surface area contributed by atoms with Gasteiger partial charge in [0.2, 0.25) is 0 Å². The summed E-state index contributed by atoms with van der Waals surface area (Å²) in [4.78, 5) is 11.0. The fraction of sp³-hybridized carbons (Fsp3) is 0.435. The lowest BCUT2D eigenvalue weighted by molar-refractivity contribution is -0.144. The minimum Gasteiger partial charge on any atom is -0.480 e. The van der Waals surface area contributed by atoms with Crippen LogP contribution >= 0.6 is 12.4 Å². The highest BCUT2D eigenvalue weighted by atomic mass is 35.5. The zero-order valence-corrected chi connectivity index (χ0v) is 17.2. The van der Waals surface area contributed by atoms with Crippen molar-refractivity contribution in [1.29, 1.82) is 0 Å². The molecule has 0 spiro atoms. The van der Waals surface area contributed by atoms with E-state index in [1.807, 2.05) is 19.1 Å². The third-order valence-electron chi connectivity index (χ3n) is 5.71. The highest BCUT2D eigenvalue weighted by Crippen LogP contribution is 2.47. The predicted molar refractivity (Wildman–Crippen MR) is 114 cm³/mol. The van der Waals surface area contributed by atoms with Crippen molar-refractivity contribution in [2.75, 3.05) is 19.7 Å². The molecule has 0 amide bonds. The minimum absolute atomic E-state index is 0. The van der Waals surface area contributed by atoms with Gasteiger partial charge < -0.3 is 15.2 Å². The van der Waals surface area contributed by atoms with Crippen LogP contribution in [0.5, 0.6) is 0 Å². The largest absolute Gasteiger partial charge is 0.480 e. The van der Waals surface area contributed by atoms with Crippen LogP contribution < -0.4 is 5.32 Å². The summed E-state index contributed by atoms with van der Waals surface area (Å²) in [5, 5.41) is 12.5. The average molecular weight is 404 g/mol. The first kappa shape index (κ1) is 22.4. The number of aliphatic carboxylic acids is 1. The molecular formula is C23H30ClNO3. The third kappa shape index (κ3) is 5.13. The molecule has 1 saturated heterocycles. The van der Waals surface area contributed by atoms with Crippen LogP contribution in [0.1, 0.15) is 37.3 Å². The first-order valence-corrected chi connectivity index (χ1v) is 9.78. The summed E-state index contributed by atoms with van der Waals surface area (Å²) in [5.74, 6) is -0.451. The summed E-state index contributed by atoms with van der Waals surface area (Å²) >= 11 is 0. The summed E-state index contributed by atoms with van der Waals surface area (Å²) in [6.45, 7) is 3.75. The Balaban J connectivity index is 0.00000280. The van der Waals surface area contributed by atoms with Crippen LogP contribution in [0.25, 0.3) is 0 Å². The molecule has 0 aromatic heterocycles. The Morgan fingerprint density at radius 1 is 1.07 bits per heavy atom. The molecule has 1 aliphatic rings. The van der Waals surface area contributed by atoms with E-state index in [4.69, 9.17) is 9.84 Å². The number of carbonyl (C=O) groups is 1. The number of carboxylic acids is 1. The fourth-order valence-corrected chi connectivity index (χ4v) is 4.55. The SMILES string of the molecule is CC(CC(c1ccccc1)(c1ccccc1)C1CCNCC1)OCC(=O)O.Cl. The van der Waals surface area contributed by atoms with Crippen molar-refractivity contribution >= 4 is 18.4 Å². The molecule has 5 heteroatoms. The summed E-state index contributed by atoms with van der Waals surface area (Å²) in [6, 6.07) is 21.3. The van der Waals surface area contributed by atoms with E-state index in [0.717, 1.165) is 32.4 Å². The number of halogens is 1. The molecule has 1 fully saturated rings. The highest BCUT2D eigenvalue weighted by molar-refractivity contribution is 5.85. The first-order valence-electron chi connectivity index (χ1n) is 9.78. The highest BCUT2D eigenvalue weighted by Gasteiger charge is 2.43. The normalized spacial score (nSPS) is 16.2. The van der Waals surface area contributed by atoms with Gasteiger partial charge in [0.25, 0.3) is 0 Å². The lowest BCUT2D eigenvalue weighted by Crippen LogP contribution is -2.45. The van der Waals surface area contributed by atoms with Crippen LogP contribution in [0.15, 0.2) is 60.7 Å². The summed E-state index contributed by atoms with van der Waals surface area (Å²) < 4.78 is 5.68. The van der Waals surface area contributed by atoms with Gasteiger partial charge in [0.15, 0.2) is 0 Å². The van der Waals surface area contributed by atoms with Gasteiger partial charge in [0, 0.05) is 5.41 Å². The molecule has 0 radical (unpaired) electrons. The standard InChI is InChI=1S/C23H29NO3.ClH/c1-18(27-17-22(25)26)16-23(19-8-4-2-5-9-19,20-10-6-3-7-11-20)21-12-14-24-15-13-21;/h2-11,18,21,24H,12-17H2,1H3,(H,25,26);1H. The van der Waals surface area contributed by atoms with E-state index in [2.05, 4.69) is 53.8 Å². The Labute approximate surface area is 173 Å². The van der Waals surface area contributed by atoms with Crippen molar-refractivity contribution in [3.8, 4) is 0 Å². The number of hydrogen-bond donors (Lipinski definition) is 2. The van der Waals surface area contributed by atoms with Gasteiger partial charge in [-0.3, -0.25) is 0 Å². The summed E-state index contributed by atoms with van der Waals surface area (Å²) in [5.41, 5.74) is 2.38. The number of benzene rings is 2. The van der Waals surface area contributed by atoms with Crippen LogP contribution in [0.4, 0.5) is 0 Å². The van der Waals surface area contributed by atoms with Crippen molar-refractivity contribution in [2.24, 2.45) is 5.92 Å². The van der Waals surface area contributed by atoms with Crippen molar-refractivity contribution < 1.29 is 14.6 Å². The van der Waals surface area contributed by atoms with E-state index >= 15 is 0 Å². The zero-order valence-electron chi connectivity index (χ0n) is 16.3. The number of carboxylic acid groups (broad SMARTS) is 1. The van der Waals surface area contributed by atoms with Gasteiger partial charge in [-0.25, -0.2) is 4.79 Å². The van der Waals surface area contributed by atoms with Gasteiger partial charge >= 0.3 is 5.97 Å². The lowest BCUT2D eigenvalue weighted by atomic mass is 9.60. The van der Waals surface area contributed by atoms with Gasteiger partial charge in [-0.1, -0.05) is 60.7 Å². The zero-order chi connectivity index (χ0) is 19.1. The topological polar surface area (TPSA) is 58.6 Å². The number of ether oxygens (including phenoxy) is 1. The number of rotatable bonds is 8. The summed E-state index contributed by atoms with van der Waals surface area (Å²) in [7, 11) is 0. The molecule has 0 bridgehead atoms. The quantitative estimate of drug-likeness (QED) is 0.690. The van der Waals surface area contributed by atoms with Crippen LogP contribution in [0.2, 0.25) is 0 Å². The third-order valence-corrected chi connectivity index (χ3v) is 5.71. The number of nitrogens with one attached hydrogen (secondary N) is 1. The van der Waals surface area contributed by atoms with Crippen LogP contribution in [0.3, 0.4) is 0 Å². The second-order valence-corrected chi connectivity index (χ2v) is 7.45. The van der Waals surface area contributed by atoms with E-state index < -0.39 is 5.97 Å². The molecule has 1 atom stereocenters. The van der Waals surface area contributed by atoms with Crippen molar-refractivity contribution in [3.63, 3.8) is 0 Å². The minimum atomic E-state index is -0.922. The summed E-state index contributed by atoms with van der Waals surface area (Å²) in [6.07, 6.45) is 2.79. The maximum atomic E-state index is 11.0. The maximum absolute atomic E-state index is 11.0. The van der Waals surface area contributed by atoms with Crippen LogP contribution in [-0.4, -0.2) is 36.9 Å². The van der Waals surface area contributed by atoms with Crippen molar-refractivity contribution in [3.05, 3.63) is 71.8 Å². The molecule has 1 heterocycles. The second-order valence-electron chi connectivity index (χ2n) is 7.45. The van der Waals surface area contributed by atoms with Crippen molar-refractivity contribution in [1.82, 2.24) is 5.32 Å². The van der Waals surface area contributed by atoms with Crippen molar-refractivity contribution in [2.45, 2.75) is 37.7 Å². The number of piperidine rings is 1. The van der Waals surface area contributed by atoms with E-state index in [9.17, 15) is 4.79 Å². The average Bonchev–Trinajstić information content (AvgIpc) is 2.72. The smallest absolute Gasteiger partial charge is 0.329 e. The Morgan fingerprint density at radius 3 is 2.04 bits per heavy atom. The van der Waals surface area contributed by atoms with Gasteiger partial charge in [0.05, 0.1) is 6.10 Å². The second kappa shape index (κ2) is 10.6. The lowest BCUT2D eigenvalue weighted by Gasteiger charge is -2.45. The Hall–Kier alpha value is -1.88. The molecule has 0 aliphatic carbocycles. The van der Waals surface area contributed by atoms with Crippen LogP contribution in [-0.2, 0) is 14.9 Å². The van der Waals surface area contributed by atoms with Gasteiger partial charge in [-0.2, -0.15) is 0 Å². The Bertz CT molecular complexity index is 678. The molecule has 2 N–H and O–H groups in total. The van der Waals surface area contributed by atoms with E-state index in [0.29, 0.717) is 5.92 Å². The molecule has 152 valence electrons. The van der Waals surface area contributed by atoms with Crippen LogP contribution in [0, 0.1) is 5.92 Å². The van der Waals surface area contributed by atoms with Gasteiger partial charge in [0.1, 0.15) is 6.61 Å². The molecular weight excluding hydrogens is 374 g/mol. The van der Waals surface area contributed by atoms with Gasteiger partial charge in [-0.05, 0) is 56.3 Å². The predicted octanol–water partition coefficient (Wildman–Crippen LogP) is 4.27. The van der Waals surface area contributed by atoms with Gasteiger partial charge in [-0.15, -0.1) is 12.4 Å². The molecule has 3 rings (SSSR count). The first-order chi connectivity index (χ1) is 13.1. The Kier molecular flexibility index (Phi) is 8.49. The molecule has 1 unspecified atom stereocenters. The van der Waals surface area contributed by atoms with E-state index in [1.165, 1.54) is 11.1 Å². The van der Waals surface area contributed by atoms with E-state index in [-0.39, 0.29) is 30.5 Å². The maximum Gasteiger partial charge on any atom is 0.329 e. The molecule has 4 nitrogen and oxygen atoms in total. The molecule has 28 heavy (non-hydrogen) atoms.